The average Bonchev–Trinajstić information content (AvgIpc) is 2.34. The maximum atomic E-state index is 11.1. The van der Waals surface area contributed by atoms with Gasteiger partial charge in [-0.15, -0.1) is 0 Å². The molecule has 6 heteroatoms. The summed E-state index contributed by atoms with van der Waals surface area (Å²) in [4.78, 5) is 15.1. The molecule has 0 saturated heterocycles. The van der Waals surface area contributed by atoms with Gasteiger partial charge in [0.1, 0.15) is 11.3 Å². The number of rotatable bonds is 3. The number of aromatic nitrogens is 1. The maximum Gasteiger partial charge on any atom is 0.339 e. The van der Waals surface area contributed by atoms with Crippen LogP contribution in [0.5, 0.6) is 11.6 Å². The Balaban J connectivity index is 2.34. The number of carbonyl (C=O) groups is 1. The van der Waals surface area contributed by atoms with Crippen LogP contribution in [-0.2, 0) is 0 Å². The first kappa shape index (κ1) is 13.3. The van der Waals surface area contributed by atoms with E-state index in [0.29, 0.717) is 5.88 Å². The summed E-state index contributed by atoms with van der Waals surface area (Å²) in [5, 5.41) is 9.10. The van der Waals surface area contributed by atoms with E-state index < -0.39 is 5.97 Å². The van der Waals surface area contributed by atoms with Crippen LogP contribution in [0.2, 0.25) is 0 Å². The SMILES string of the molecule is O=C(O)c1cc(I)ccc1Oc1ccc(Br)cn1. The molecule has 2 rings (SSSR count). The van der Waals surface area contributed by atoms with E-state index in [1.165, 1.54) is 0 Å². The molecule has 1 heterocycles. The van der Waals surface area contributed by atoms with Gasteiger partial charge in [-0.2, -0.15) is 0 Å². The van der Waals surface area contributed by atoms with Gasteiger partial charge >= 0.3 is 5.97 Å². The highest BCUT2D eigenvalue weighted by atomic mass is 127. The second kappa shape index (κ2) is 5.66. The molecule has 1 aromatic heterocycles. The summed E-state index contributed by atoms with van der Waals surface area (Å²) >= 11 is 5.32. The fourth-order valence-corrected chi connectivity index (χ4v) is 2.02. The lowest BCUT2D eigenvalue weighted by Gasteiger charge is -2.08. The predicted octanol–water partition coefficient (Wildman–Crippen LogP) is 3.94. The Morgan fingerprint density at radius 1 is 1.33 bits per heavy atom. The van der Waals surface area contributed by atoms with Crippen LogP contribution in [0.1, 0.15) is 10.4 Å². The summed E-state index contributed by atoms with van der Waals surface area (Å²) in [5.41, 5.74) is 0.117. The molecular formula is C12H7BrINO3. The van der Waals surface area contributed by atoms with Gasteiger partial charge in [0.2, 0.25) is 5.88 Å². The highest BCUT2D eigenvalue weighted by Gasteiger charge is 2.12. The summed E-state index contributed by atoms with van der Waals surface area (Å²) < 4.78 is 7.13. The van der Waals surface area contributed by atoms with Crippen molar-refractivity contribution < 1.29 is 14.6 Å². The minimum Gasteiger partial charge on any atom is -0.478 e. The summed E-state index contributed by atoms with van der Waals surface area (Å²) in [5.74, 6) is -0.403. The molecule has 1 N–H and O–H groups in total. The van der Waals surface area contributed by atoms with E-state index in [-0.39, 0.29) is 11.3 Å². The highest BCUT2D eigenvalue weighted by Crippen LogP contribution is 2.26. The maximum absolute atomic E-state index is 11.1. The standard InChI is InChI=1S/C12H7BrINO3/c13-7-1-4-11(15-6-7)18-10-3-2-8(14)5-9(10)12(16)17/h1-6H,(H,16,17). The van der Waals surface area contributed by atoms with E-state index in [1.807, 2.05) is 0 Å². The number of hydrogen-bond donors (Lipinski definition) is 1. The third kappa shape index (κ3) is 3.20. The number of hydrogen-bond acceptors (Lipinski definition) is 3. The van der Waals surface area contributed by atoms with Gasteiger partial charge in [-0.25, -0.2) is 9.78 Å². The Hall–Kier alpha value is -1.15. The van der Waals surface area contributed by atoms with Crippen molar-refractivity contribution in [1.82, 2.24) is 4.98 Å². The van der Waals surface area contributed by atoms with Gasteiger partial charge < -0.3 is 9.84 Å². The Morgan fingerprint density at radius 3 is 2.72 bits per heavy atom. The van der Waals surface area contributed by atoms with Crippen molar-refractivity contribution in [3.05, 3.63) is 50.1 Å². The molecule has 1 aromatic carbocycles. The van der Waals surface area contributed by atoms with Crippen molar-refractivity contribution in [3.8, 4) is 11.6 Å². The number of nitrogens with zero attached hydrogens (tertiary/aromatic N) is 1. The van der Waals surface area contributed by atoms with E-state index in [2.05, 4.69) is 43.5 Å². The molecule has 0 atom stereocenters. The van der Waals surface area contributed by atoms with Crippen LogP contribution in [0.15, 0.2) is 41.0 Å². The lowest BCUT2D eigenvalue weighted by molar-refractivity contribution is 0.0694. The molecule has 0 radical (unpaired) electrons. The van der Waals surface area contributed by atoms with Crippen LogP contribution in [-0.4, -0.2) is 16.1 Å². The highest BCUT2D eigenvalue weighted by molar-refractivity contribution is 14.1. The zero-order valence-corrected chi connectivity index (χ0v) is 12.7. The Labute approximate surface area is 125 Å². The van der Waals surface area contributed by atoms with Crippen LogP contribution in [0.4, 0.5) is 0 Å². The van der Waals surface area contributed by atoms with Crippen molar-refractivity contribution in [3.63, 3.8) is 0 Å². The molecule has 18 heavy (non-hydrogen) atoms. The molecular weight excluding hydrogens is 413 g/mol. The van der Waals surface area contributed by atoms with Crippen LogP contribution >= 0.6 is 38.5 Å². The predicted molar refractivity (Wildman–Crippen MR) is 78.1 cm³/mol. The van der Waals surface area contributed by atoms with Gasteiger partial charge in [-0.3, -0.25) is 0 Å². The van der Waals surface area contributed by atoms with E-state index in [9.17, 15) is 4.79 Å². The lowest BCUT2D eigenvalue weighted by Crippen LogP contribution is -2.01. The zero-order chi connectivity index (χ0) is 13.1. The molecule has 92 valence electrons. The molecule has 0 spiro atoms. The molecule has 0 aliphatic carbocycles. The fourth-order valence-electron chi connectivity index (χ4n) is 1.29. The third-order valence-corrected chi connectivity index (χ3v) is 3.23. The fraction of sp³-hybridized carbons (Fsp3) is 0. The topological polar surface area (TPSA) is 59.4 Å². The molecule has 0 aliphatic rings. The summed E-state index contributed by atoms with van der Waals surface area (Å²) in [7, 11) is 0. The number of aromatic carboxylic acids is 1. The monoisotopic (exact) mass is 419 g/mol. The zero-order valence-electron chi connectivity index (χ0n) is 8.93. The largest absolute Gasteiger partial charge is 0.478 e. The van der Waals surface area contributed by atoms with Crippen LogP contribution < -0.4 is 4.74 Å². The first-order chi connectivity index (χ1) is 8.56. The molecule has 0 bridgehead atoms. The number of ether oxygens (including phenoxy) is 1. The number of carboxylic acid groups (broad SMARTS) is 1. The van der Waals surface area contributed by atoms with E-state index >= 15 is 0 Å². The molecule has 0 unspecified atom stereocenters. The van der Waals surface area contributed by atoms with Crippen molar-refractivity contribution in [1.29, 1.82) is 0 Å². The van der Waals surface area contributed by atoms with Crippen LogP contribution in [0.25, 0.3) is 0 Å². The number of pyridine rings is 1. The first-order valence-corrected chi connectivity index (χ1v) is 6.75. The smallest absolute Gasteiger partial charge is 0.339 e. The molecule has 0 amide bonds. The number of benzene rings is 1. The van der Waals surface area contributed by atoms with Crippen molar-refractivity contribution >= 4 is 44.5 Å². The van der Waals surface area contributed by atoms with E-state index in [4.69, 9.17) is 9.84 Å². The van der Waals surface area contributed by atoms with Gasteiger partial charge in [-0.1, -0.05) is 0 Å². The lowest BCUT2D eigenvalue weighted by atomic mass is 10.2. The molecule has 2 aromatic rings. The Morgan fingerprint density at radius 2 is 2.11 bits per heavy atom. The van der Waals surface area contributed by atoms with E-state index in [1.54, 1.807) is 36.5 Å². The molecule has 0 aliphatic heterocycles. The Bertz CT molecular complexity index is 586. The summed E-state index contributed by atoms with van der Waals surface area (Å²) in [6.07, 6.45) is 1.59. The van der Waals surface area contributed by atoms with Crippen molar-refractivity contribution in [2.24, 2.45) is 0 Å². The third-order valence-electron chi connectivity index (χ3n) is 2.09. The second-order valence-electron chi connectivity index (χ2n) is 3.36. The molecule has 0 saturated carbocycles. The summed E-state index contributed by atoms with van der Waals surface area (Å²) in [6.45, 7) is 0. The molecule has 0 fully saturated rings. The number of carboxylic acids is 1. The minimum atomic E-state index is -1.03. The quantitative estimate of drug-likeness (QED) is 0.765. The van der Waals surface area contributed by atoms with Crippen LogP contribution in [0.3, 0.4) is 0 Å². The Kier molecular flexibility index (Phi) is 4.18. The van der Waals surface area contributed by atoms with Gasteiger partial charge in [-0.05, 0) is 62.8 Å². The average molecular weight is 420 g/mol. The van der Waals surface area contributed by atoms with Gasteiger partial charge in [0.25, 0.3) is 0 Å². The minimum absolute atomic E-state index is 0.117. The summed E-state index contributed by atoms with van der Waals surface area (Å²) in [6, 6.07) is 8.39. The van der Waals surface area contributed by atoms with Crippen molar-refractivity contribution in [2.45, 2.75) is 0 Å². The van der Waals surface area contributed by atoms with Gasteiger partial charge in [0, 0.05) is 20.3 Å². The van der Waals surface area contributed by atoms with Crippen LogP contribution in [0, 0.1) is 3.57 Å². The van der Waals surface area contributed by atoms with Gasteiger partial charge in [0.15, 0.2) is 0 Å². The molecule has 4 nitrogen and oxygen atoms in total. The van der Waals surface area contributed by atoms with Crippen molar-refractivity contribution in [2.75, 3.05) is 0 Å². The number of halogens is 2. The normalized spacial score (nSPS) is 10.1. The second-order valence-corrected chi connectivity index (χ2v) is 5.52. The van der Waals surface area contributed by atoms with E-state index in [0.717, 1.165) is 8.04 Å². The first-order valence-electron chi connectivity index (χ1n) is 4.88. The van der Waals surface area contributed by atoms with Gasteiger partial charge in [0.05, 0.1) is 0 Å².